The normalized spacial score (nSPS) is 12.9. The van der Waals surface area contributed by atoms with E-state index in [1.54, 1.807) is 42.5 Å². The fraction of sp³-hybridized carbons (Fsp3) is 0.192. The topological polar surface area (TPSA) is 85.9 Å². The molecule has 5 nitrogen and oxygen atoms in total. The Morgan fingerprint density at radius 1 is 1.12 bits per heavy atom. The molecule has 170 valence electrons. The first-order valence-corrected chi connectivity index (χ1v) is 12.2. The van der Waals surface area contributed by atoms with Crippen LogP contribution in [0.3, 0.4) is 0 Å². The van der Waals surface area contributed by atoms with Crippen LogP contribution in [0.4, 0.5) is 5.00 Å². The Hall–Kier alpha value is -3.29. The summed E-state index contributed by atoms with van der Waals surface area (Å²) in [6, 6.07) is 16.4. The summed E-state index contributed by atoms with van der Waals surface area (Å²) in [5, 5.41) is 23.5. The lowest BCUT2D eigenvalue weighted by atomic mass is 9.96. The molecule has 2 aromatic carbocycles. The Balaban J connectivity index is 1.44. The number of aryl methyl sites for hydroxylation is 1. The zero-order chi connectivity index (χ0) is 24.1. The molecule has 0 saturated carbocycles. The second kappa shape index (κ2) is 10.8. The van der Waals surface area contributed by atoms with Crippen LogP contribution in [0.1, 0.15) is 40.0 Å². The molecule has 0 spiro atoms. The summed E-state index contributed by atoms with van der Waals surface area (Å²) in [5.74, 6) is 0.0873. The minimum absolute atomic E-state index is 0.0446. The Labute approximate surface area is 211 Å². The van der Waals surface area contributed by atoms with Gasteiger partial charge >= 0.3 is 0 Å². The summed E-state index contributed by atoms with van der Waals surface area (Å²) < 4.78 is 5.77. The molecule has 1 amide bonds. The summed E-state index contributed by atoms with van der Waals surface area (Å²) in [5.41, 5.74) is 3.00. The molecular formula is C26H19Cl2N3O2S. The minimum atomic E-state index is -0.532. The molecule has 0 saturated heterocycles. The molecular weight excluding hydrogens is 489 g/mol. The molecule has 1 heterocycles. The predicted molar refractivity (Wildman–Crippen MR) is 135 cm³/mol. The first-order valence-electron chi connectivity index (χ1n) is 10.6. The second-order valence-corrected chi connectivity index (χ2v) is 9.69. The summed E-state index contributed by atoms with van der Waals surface area (Å²) in [7, 11) is 0. The van der Waals surface area contributed by atoms with Crippen LogP contribution in [0.25, 0.3) is 6.08 Å². The smallest absolute Gasteiger partial charge is 0.266 e. The van der Waals surface area contributed by atoms with Crippen molar-refractivity contribution < 1.29 is 9.53 Å². The van der Waals surface area contributed by atoms with E-state index in [9.17, 15) is 15.3 Å². The van der Waals surface area contributed by atoms with Crippen molar-refractivity contribution in [3.63, 3.8) is 0 Å². The molecule has 0 aliphatic heterocycles. The number of fused-ring (bicyclic) bond motifs is 1. The van der Waals surface area contributed by atoms with Crippen molar-refractivity contribution in [3.05, 3.63) is 85.2 Å². The lowest BCUT2D eigenvalue weighted by Crippen LogP contribution is -2.13. The van der Waals surface area contributed by atoms with Crippen LogP contribution in [0.5, 0.6) is 5.75 Å². The number of hydrogen-bond acceptors (Lipinski definition) is 5. The SMILES string of the molecule is N#C/C(=C\c1ccc(OCc2ccc(Cl)cc2Cl)cc1)C(=O)Nc1sc2c(c1C#N)CCCC2. The number of nitriles is 2. The number of hydrogen-bond donors (Lipinski definition) is 1. The maximum Gasteiger partial charge on any atom is 0.266 e. The molecule has 0 bridgehead atoms. The lowest BCUT2D eigenvalue weighted by Gasteiger charge is -2.09. The third-order valence-electron chi connectivity index (χ3n) is 5.48. The van der Waals surface area contributed by atoms with E-state index in [-0.39, 0.29) is 12.2 Å². The highest BCUT2D eigenvalue weighted by Crippen LogP contribution is 2.37. The fourth-order valence-corrected chi connectivity index (χ4v) is 5.42. The van der Waals surface area contributed by atoms with Gasteiger partial charge in [-0.1, -0.05) is 41.4 Å². The molecule has 0 radical (unpaired) electrons. The quantitative estimate of drug-likeness (QED) is 0.289. The number of anilines is 1. The number of thiophene rings is 1. The monoisotopic (exact) mass is 507 g/mol. The zero-order valence-corrected chi connectivity index (χ0v) is 20.4. The van der Waals surface area contributed by atoms with Gasteiger partial charge in [0, 0.05) is 20.5 Å². The highest BCUT2D eigenvalue weighted by Gasteiger charge is 2.22. The van der Waals surface area contributed by atoms with E-state index < -0.39 is 5.91 Å². The Kier molecular flexibility index (Phi) is 7.55. The van der Waals surface area contributed by atoms with Gasteiger partial charge in [-0.15, -0.1) is 11.3 Å². The van der Waals surface area contributed by atoms with Gasteiger partial charge in [-0.3, -0.25) is 4.79 Å². The van der Waals surface area contributed by atoms with E-state index in [1.165, 1.54) is 17.4 Å². The number of amides is 1. The fourth-order valence-electron chi connectivity index (χ4n) is 3.72. The molecule has 0 unspecified atom stereocenters. The molecule has 0 fully saturated rings. The summed E-state index contributed by atoms with van der Waals surface area (Å²) in [4.78, 5) is 13.9. The van der Waals surface area contributed by atoms with Crippen molar-refractivity contribution in [1.82, 2.24) is 0 Å². The van der Waals surface area contributed by atoms with E-state index in [0.29, 0.717) is 31.9 Å². The van der Waals surface area contributed by atoms with Crippen molar-refractivity contribution in [1.29, 1.82) is 10.5 Å². The van der Waals surface area contributed by atoms with Crippen LogP contribution in [-0.2, 0) is 24.2 Å². The minimum Gasteiger partial charge on any atom is -0.489 e. The molecule has 34 heavy (non-hydrogen) atoms. The Bertz CT molecular complexity index is 1350. The van der Waals surface area contributed by atoms with Gasteiger partial charge in [0.1, 0.15) is 35.1 Å². The van der Waals surface area contributed by atoms with Gasteiger partial charge < -0.3 is 10.1 Å². The van der Waals surface area contributed by atoms with E-state index in [4.69, 9.17) is 27.9 Å². The van der Waals surface area contributed by atoms with Crippen molar-refractivity contribution in [2.75, 3.05) is 5.32 Å². The number of benzene rings is 2. The summed E-state index contributed by atoms with van der Waals surface area (Å²) >= 11 is 13.5. The van der Waals surface area contributed by atoms with Gasteiger partial charge in [0.15, 0.2) is 0 Å². The van der Waals surface area contributed by atoms with Crippen LogP contribution in [0, 0.1) is 22.7 Å². The molecule has 8 heteroatoms. The molecule has 0 atom stereocenters. The number of carbonyl (C=O) groups excluding carboxylic acids is 1. The predicted octanol–water partition coefficient (Wildman–Crippen LogP) is 6.93. The van der Waals surface area contributed by atoms with Crippen LogP contribution in [0.15, 0.2) is 48.0 Å². The van der Waals surface area contributed by atoms with Crippen molar-refractivity contribution in [3.8, 4) is 17.9 Å². The van der Waals surface area contributed by atoms with Crippen LogP contribution in [0.2, 0.25) is 10.0 Å². The highest BCUT2D eigenvalue weighted by atomic mass is 35.5. The standard InChI is InChI=1S/C26H19Cl2N3O2S/c27-19-8-7-17(23(28)12-19)15-33-20-9-5-16(6-10-20)11-18(13-29)25(32)31-26-22(14-30)21-3-1-2-4-24(21)34-26/h5-12H,1-4,15H2,(H,31,32)/b18-11+. The number of rotatable bonds is 6. The third kappa shape index (κ3) is 5.43. The molecule has 1 aliphatic carbocycles. The molecule has 4 rings (SSSR count). The van der Waals surface area contributed by atoms with Gasteiger partial charge in [-0.05, 0) is 67.2 Å². The first kappa shape index (κ1) is 23.9. The maximum absolute atomic E-state index is 12.8. The number of ether oxygens (including phenoxy) is 1. The molecule has 1 aliphatic rings. The maximum atomic E-state index is 12.8. The van der Waals surface area contributed by atoms with Crippen molar-refractivity contribution in [2.24, 2.45) is 0 Å². The van der Waals surface area contributed by atoms with E-state index in [0.717, 1.165) is 41.7 Å². The lowest BCUT2D eigenvalue weighted by molar-refractivity contribution is -0.112. The number of carbonyl (C=O) groups is 1. The summed E-state index contributed by atoms with van der Waals surface area (Å²) in [6.45, 7) is 0.281. The van der Waals surface area contributed by atoms with Crippen molar-refractivity contribution in [2.45, 2.75) is 32.3 Å². The largest absolute Gasteiger partial charge is 0.489 e. The Morgan fingerprint density at radius 2 is 1.88 bits per heavy atom. The van der Waals surface area contributed by atoms with Gasteiger partial charge in [0.25, 0.3) is 5.91 Å². The average Bonchev–Trinajstić information content (AvgIpc) is 3.19. The number of nitrogens with one attached hydrogen (secondary N) is 1. The van der Waals surface area contributed by atoms with Gasteiger partial charge in [0.2, 0.25) is 0 Å². The number of nitrogens with zero attached hydrogens (tertiary/aromatic N) is 2. The molecule has 3 aromatic rings. The van der Waals surface area contributed by atoms with Gasteiger partial charge in [-0.2, -0.15) is 10.5 Å². The second-order valence-electron chi connectivity index (χ2n) is 7.74. The Morgan fingerprint density at radius 3 is 2.59 bits per heavy atom. The van der Waals surface area contributed by atoms with Crippen LogP contribution in [-0.4, -0.2) is 5.91 Å². The van der Waals surface area contributed by atoms with Gasteiger partial charge in [0.05, 0.1) is 5.56 Å². The summed E-state index contributed by atoms with van der Waals surface area (Å²) in [6.07, 6.45) is 5.41. The van der Waals surface area contributed by atoms with Crippen LogP contribution >= 0.6 is 34.5 Å². The van der Waals surface area contributed by atoms with Gasteiger partial charge in [-0.25, -0.2) is 0 Å². The first-order chi connectivity index (χ1) is 16.5. The third-order valence-corrected chi connectivity index (χ3v) is 7.27. The average molecular weight is 508 g/mol. The highest BCUT2D eigenvalue weighted by molar-refractivity contribution is 7.16. The van der Waals surface area contributed by atoms with E-state index >= 15 is 0 Å². The number of halogens is 2. The molecule has 1 N–H and O–H groups in total. The zero-order valence-electron chi connectivity index (χ0n) is 18.0. The molecule has 1 aromatic heterocycles. The van der Waals surface area contributed by atoms with Crippen molar-refractivity contribution >= 4 is 51.5 Å². The van der Waals surface area contributed by atoms with Crippen LogP contribution < -0.4 is 10.1 Å². The van der Waals surface area contributed by atoms with E-state index in [2.05, 4.69) is 11.4 Å². The van der Waals surface area contributed by atoms with E-state index in [1.807, 2.05) is 6.07 Å².